The Bertz CT molecular complexity index is 395. The fraction of sp³-hybridized carbons (Fsp3) is 1.00. The molecule has 6 nitrogen and oxygen atoms in total. The van der Waals surface area contributed by atoms with Gasteiger partial charge < -0.3 is 18.9 Å². The summed E-state index contributed by atoms with van der Waals surface area (Å²) in [6.07, 6.45) is 7.49. The number of hydrogen-bond donors (Lipinski definition) is 0. The molecule has 0 aromatic rings. The Morgan fingerprint density at radius 2 is 0.885 bits per heavy atom. The lowest BCUT2D eigenvalue weighted by molar-refractivity contribution is 0.125. The molecule has 0 bridgehead atoms. The molecule has 148 valence electrons. The Kier molecular flexibility index (Phi) is 5.50. The van der Waals surface area contributed by atoms with Gasteiger partial charge in [0.25, 0.3) is 0 Å². The minimum atomic E-state index is 0.487. The molecule has 5 rings (SSSR count). The van der Waals surface area contributed by atoms with Crippen LogP contribution in [-0.2, 0) is 18.9 Å². The highest BCUT2D eigenvalue weighted by molar-refractivity contribution is 4.86. The van der Waals surface area contributed by atoms with Crippen molar-refractivity contribution in [2.24, 2.45) is 11.8 Å². The lowest BCUT2D eigenvalue weighted by atomic mass is 9.80. The first-order chi connectivity index (χ1) is 12.8. The molecule has 26 heavy (non-hydrogen) atoms. The SMILES string of the molecule is C1CC(CN(CC2CO2)CC2CO2)CC(CN(CC2CO2)C[C@H]2CO2)C1. The standard InChI is InChI=1S/C20H34N2O4/c1-2-15(5-21(7-17-11-23-17)8-18-12-24-18)4-16(3-1)6-22(9-19-13-25-19)10-20-14-26-20/h15-20H,1-14H2/t15?,16?,17-,18?,19?,20?/m0/s1. The van der Waals surface area contributed by atoms with Gasteiger partial charge in [-0.25, -0.2) is 0 Å². The molecular formula is C20H34N2O4. The van der Waals surface area contributed by atoms with Gasteiger partial charge in [0.05, 0.1) is 50.8 Å². The monoisotopic (exact) mass is 366 g/mol. The number of epoxide rings is 4. The van der Waals surface area contributed by atoms with Gasteiger partial charge in [-0.3, -0.25) is 9.80 Å². The van der Waals surface area contributed by atoms with E-state index in [9.17, 15) is 0 Å². The van der Waals surface area contributed by atoms with Gasteiger partial charge in [0.1, 0.15) is 0 Å². The Hall–Kier alpha value is -0.240. The van der Waals surface area contributed by atoms with Crippen LogP contribution >= 0.6 is 0 Å². The average molecular weight is 367 g/mol. The molecular weight excluding hydrogens is 332 g/mol. The molecule has 0 N–H and O–H groups in total. The fourth-order valence-electron chi connectivity index (χ4n) is 4.76. The van der Waals surface area contributed by atoms with E-state index < -0.39 is 0 Å². The summed E-state index contributed by atoms with van der Waals surface area (Å²) in [6.45, 7) is 10.7. The first-order valence-electron chi connectivity index (χ1n) is 10.7. The van der Waals surface area contributed by atoms with E-state index in [-0.39, 0.29) is 0 Å². The zero-order chi connectivity index (χ0) is 17.3. The van der Waals surface area contributed by atoms with Crippen LogP contribution in [0.15, 0.2) is 0 Å². The largest absolute Gasteiger partial charge is 0.372 e. The summed E-state index contributed by atoms with van der Waals surface area (Å²) in [4.78, 5) is 5.24. The second kappa shape index (κ2) is 8.02. The minimum Gasteiger partial charge on any atom is -0.372 e. The Morgan fingerprint density at radius 3 is 1.19 bits per heavy atom. The van der Waals surface area contributed by atoms with Crippen LogP contribution in [0.2, 0.25) is 0 Å². The molecule has 0 aromatic carbocycles. The highest BCUT2D eigenvalue weighted by Gasteiger charge is 2.35. The third-order valence-electron chi connectivity index (χ3n) is 6.38. The summed E-state index contributed by atoms with van der Waals surface area (Å²) in [5, 5.41) is 0. The van der Waals surface area contributed by atoms with E-state index in [4.69, 9.17) is 18.9 Å². The third kappa shape index (κ3) is 5.88. The molecule has 5 aliphatic rings. The first kappa shape index (κ1) is 17.8. The number of hydrogen-bond acceptors (Lipinski definition) is 6. The molecule has 0 aromatic heterocycles. The summed E-state index contributed by atoms with van der Waals surface area (Å²) in [5.74, 6) is 1.67. The molecule has 0 radical (unpaired) electrons. The highest BCUT2D eigenvalue weighted by atomic mass is 16.6. The summed E-state index contributed by atoms with van der Waals surface area (Å²) >= 11 is 0. The molecule has 4 aliphatic heterocycles. The molecule has 0 amide bonds. The van der Waals surface area contributed by atoms with E-state index in [0.717, 1.165) is 64.4 Å². The van der Waals surface area contributed by atoms with Crippen molar-refractivity contribution >= 4 is 0 Å². The van der Waals surface area contributed by atoms with E-state index in [1.54, 1.807) is 0 Å². The van der Waals surface area contributed by atoms with Crippen molar-refractivity contribution in [1.82, 2.24) is 9.80 Å². The van der Waals surface area contributed by atoms with Crippen LogP contribution in [0.3, 0.4) is 0 Å². The third-order valence-corrected chi connectivity index (χ3v) is 6.38. The second-order valence-electron chi connectivity index (χ2n) is 9.16. The summed E-state index contributed by atoms with van der Waals surface area (Å²) < 4.78 is 21.9. The summed E-state index contributed by atoms with van der Waals surface area (Å²) in [5.41, 5.74) is 0. The molecule has 6 atom stereocenters. The van der Waals surface area contributed by atoms with Crippen molar-refractivity contribution in [2.75, 3.05) is 65.7 Å². The molecule has 1 saturated carbocycles. The zero-order valence-electron chi connectivity index (χ0n) is 15.9. The van der Waals surface area contributed by atoms with E-state index in [0.29, 0.717) is 24.4 Å². The molecule has 1 aliphatic carbocycles. The summed E-state index contributed by atoms with van der Waals surface area (Å²) in [6, 6.07) is 0. The van der Waals surface area contributed by atoms with Crippen LogP contribution in [0.5, 0.6) is 0 Å². The number of ether oxygens (including phenoxy) is 4. The molecule has 4 heterocycles. The zero-order valence-corrected chi connectivity index (χ0v) is 15.9. The van der Waals surface area contributed by atoms with Gasteiger partial charge in [-0.05, 0) is 31.1 Å². The molecule has 5 fully saturated rings. The minimum absolute atomic E-state index is 0.487. The van der Waals surface area contributed by atoms with Gasteiger partial charge >= 0.3 is 0 Å². The Balaban J connectivity index is 1.10. The molecule has 6 heteroatoms. The van der Waals surface area contributed by atoms with Crippen molar-refractivity contribution < 1.29 is 18.9 Å². The number of nitrogens with zero attached hydrogens (tertiary/aromatic N) is 2. The van der Waals surface area contributed by atoms with Crippen LogP contribution in [0.25, 0.3) is 0 Å². The van der Waals surface area contributed by atoms with E-state index >= 15 is 0 Å². The van der Waals surface area contributed by atoms with Gasteiger partial charge in [0, 0.05) is 39.3 Å². The first-order valence-corrected chi connectivity index (χ1v) is 10.7. The maximum atomic E-state index is 5.48. The van der Waals surface area contributed by atoms with E-state index in [1.165, 1.54) is 38.8 Å². The van der Waals surface area contributed by atoms with Gasteiger partial charge in [0.15, 0.2) is 0 Å². The van der Waals surface area contributed by atoms with Crippen LogP contribution < -0.4 is 0 Å². The van der Waals surface area contributed by atoms with Gasteiger partial charge in [-0.1, -0.05) is 6.42 Å². The average Bonchev–Trinajstić information content (AvgIpc) is 3.40. The number of rotatable bonds is 12. The predicted octanol–water partition coefficient (Wildman–Crippen LogP) is 0.992. The smallest absolute Gasteiger partial charge is 0.0936 e. The lowest BCUT2D eigenvalue weighted by Gasteiger charge is -2.35. The van der Waals surface area contributed by atoms with Crippen molar-refractivity contribution in [3.63, 3.8) is 0 Å². The topological polar surface area (TPSA) is 56.6 Å². The highest BCUT2D eigenvalue weighted by Crippen LogP contribution is 2.32. The van der Waals surface area contributed by atoms with Gasteiger partial charge in [-0.2, -0.15) is 0 Å². The second-order valence-corrected chi connectivity index (χ2v) is 9.16. The molecule has 5 unspecified atom stereocenters. The van der Waals surface area contributed by atoms with Crippen molar-refractivity contribution in [3.8, 4) is 0 Å². The molecule has 0 spiro atoms. The molecule has 4 saturated heterocycles. The Labute approximate surface area is 157 Å². The van der Waals surface area contributed by atoms with Crippen LogP contribution in [0, 0.1) is 11.8 Å². The van der Waals surface area contributed by atoms with E-state index in [2.05, 4.69) is 9.80 Å². The van der Waals surface area contributed by atoms with Crippen molar-refractivity contribution in [1.29, 1.82) is 0 Å². The maximum absolute atomic E-state index is 5.48. The van der Waals surface area contributed by atoms with Crippen molar-refractivity contribution in [2.45, 2.75) is 50.1 Å². The Morgan fingerprint density at radius 1 is 0.538 bits per heavy atom. The van der Waals surface area contributed by atoms with Crippen LogP contribution in [-0.4, -0.2) is 99.9 Å². The lowest BCUT2D eigenvalue weighted by Crippen LogP contribution is -2.40. The van der Waals surface area contributed by atoms with Gasteiger partial charge in [0.2, 0.25) is 0 Å². The van der Waals surface area contributed by atoms with E-state index in [1.807, 2.05) is 0 Å². The van der Waals surface area contributed by atoms with Crippen molar-refractivity contribution in [3.05, 3.63) is 0 Å². The van der Waals surface area contributed by atoms with Gasteiger partial charge in [-0.15, -0.1) is 0 Å². The van der Waals surface area contributed by atoms with Crippen LogP contribution in [0.4, 0.5) is 0 Å². The quantitative estimate of drug-likeness (QED) is 0.480. The van der Waals surface area contributed by atoms with Crippen LogP contribution in [0.1, 0.15) is 25.7 Å². The predicted molar refractivity (Wildman–Crippen MR) is 97.3 cm³/mol. The normalized spacial score (nSPS) is 40.8. The summed E-state index contributed by atoms with van der Waals surface area (Å²) in [7, 11) is 0. The fourth-order valence-corrected chi connectivity index (χ4v) is 4.76. The maximum Gasteiger partial charge on any atom is 0.0936 e.